The van der Waals surface area contributed by atoms with Crippen LogP contribution in [0.3, 0.4) is 0 Å². The van der Waals surface area contributed by atoms with Crippen molar-refractivity contribution in [2.24, 2.45) is 17.3 Å². The Hall–Kier alpha value is -1.02. The van der Waals surface area contributed by atoms with Crippen LogP contribution in [-0.2, 0) is 0 Å². The van der Waals surface area contributed by atoms with Crippen molar-refractivity contribution in [3.8, 4) is 0 Å². The zero-order valence-electron chi connectivity index (χ0n) is 15.3. The maximum Gasteiger partial charge on any atom is 0.132 e. The van der Waals surface area contributed by atoms with Gasteiger partial charge >= 0.3 is 0 Å². The van der Waals surface area contributed by atoms with Crippen LogP contribution in [-0.4, -0.2) is 17.9 Å². The standard InChI is InChI=1S/C21H33NO/c1-15(2)17-5-7-19(8-6-17)22-14-13-21(20(22)23)11-9-18(10-12-21)16(3)4/h5-8,15-16,18,20,23H,9-14H2,1-4H3. The molecule has 2 aliphatic rings. The van der Waals surface area contributed by atoms with E-state index in [1.54, 1.807) is 0 Å². The van der Waals surface area contributed by atoms with Gasteiger partial charge < -0.3 is 10.0 Å². The molecule has 1 aliphatic heterocycles. The molecule has 0 amide bonds. The molecule has 3 rings (SSSR count). The summed E-state index contributed by atoms with van der Waals surface area (Å²) in [6.07, 6.45) is 5.80. The fraction of sp³-hybridized carbons (Fsp3) is 0.714. The summed E-state index contributed by atoms with van der Waals surface area (Å²) in [5.41, 5.74) is 2.70. The minimum Gasteiger partial charge on any atom is -0.373 e. The summed E-state index contributed by atoms with van der Waals surface area (Å²) in [5, 5.41) is 11.0. The first-order valence-corrected chi connectivity index (χ1v) is 9.47. The molecular weight excluding hydrogens is 282 g/mol. The van der Waals surface area contributed by atoms with Crippen molar-refractivity contribution in [1.29, 1.82) is 0 Å². The highest BCUT2D eigenvalue weighted by atomic mass is 16.3. The van der Waals surface area contributed by atoms with Crippen molar-refractivity contribution in [3.63, 3.8) is 0 Å². The molecule has 1 spiro atoms. The van der Waals surface area contributed by atoms with Crippen molar-refractivity contribution >= 4 is 5.69 Å². The number of anilines is 1. The van der Waals surface area contributed by atoms with E-state index in [4.69, 9.17) is 0 Å². The monoisotopic (exact) mass is 315 g/mol. The molecule has 0 bridgehead atoms. The average Bonchev–Trinajstić information content (AvgIpc) is 2.85. The molecule has 1 aliphatic carbocycles. The van der Waals surface area contributed by atoms with Gasteiger partial charge in [0.05, 0.1) is 0 Å². The Kier molecular flexibility index (Phi) is 4.73. The van der Waals surface area contributed by atoms with E-state index in [0.29, 0.717) is 5.92 Å². The molecule has 23 heavy (non-hydrogen) atoms. The number of hydrogen-bond donors (Lipinski definition) is 1. The predicted octanol–water partition coefficient (Wildman–Crippen LogP) is 5.17. The normalized spacial score (nSPS) is 31.5. The summed E-state index contributed by atoms with van der Waals surface area (Å²) in [6, 6.07) is 8.81. The van der Waals surface area contributed by atoms with Crippen molar-refractivity contribution in [1.82, 2.24) is 0 Å². The highest BCUT2D eigenvalue weighted by molar-refractivity contribution is 5.50. The Morgan fingerprint density at radius 1 is 1.00 bits per heavy atom. The number of hydrogen-bond acceptors (Lipinski definition) is 2. The lowest BCUT2D eigenvalue weighted by atomic mass is 9.67. The van der Waals surface area contributed by atoms with E-state index in [1.165, 1.54) is 36.9 Å². The maximum absolute atomic E-state index is 11.0. The Bertz CT molecular complexity index is 511. The molecule has 2 nitrogen and oxygen atoms in total. The molecule has 1 heterocycles. The van der Waals surface area contributed by atoms with Gasteiger partial charge in [-0.25, -0.2) is 0 Å². The summed E-state index contributed by atoms with van der Waals surface area (Å²) in [5.74, 6) is 2.20. The van der Waals surface area contributed by atoms with Gasteiger partial charge in [-0.3, -0.25) is 0 Å². The summed E-state index contributed by atoms with van der Waals surface area (Å²) in [4.78, 5) is 2.24. The van der Waals surface area contributed by atoms with Crippen LogP contribution in [0, 0.1) is 17.3 Å². The van der Waals surface area contributed by atoms with Crippen LogP contribution in [0.15, 0.2) is 24.3 Å². The molecule has 1 aromatic rings. The Morgan fingerprint density at radius 3 is 2.13 bits per heavy atom. The van der Waals surface area contributed by atoms with Gasteiger partial charge in [0, 0.05) is 17.6 Å². The summed E-state index contributed by atoms with van der Waals surface area (Å²) >= 11 is 0. The first kappa shape index (κ1) is 16.8. The third-order valence-electron chi connectivity index (χ3n) is 6.55. The van der Waals surface area contributed by atoms with Gasteiger partial charge in [0.25, 0.3) is 0 Å². The zero-order chi connectivity index (χ0) is 16.6. The third-order valence-corrected chi connectivity index (χ3v) is 6.55. The fourth-order valence-corrected chi connectivity index (χ4v) is 4.64. The average molecular weight is 316 g/mol. The minimum absolute atomic E-state index is 0.141. The maximum atomic E-state index is 11.0. The molecule has 0 radical (unpaired) electrons. The van der Waals surface area contributed by atoms with Gasteiger partial charge in [0.15, 0.2) is 0 Å². The van der Waals surface area contributed by atoms with Crippen molar-refractivity contribution in [3.05, 3.63) is 29.8 Å². The SMILES string of the molecule is CC(C)c1ccc(N2CCC3(CCC(C(C)C)CC3)C2O)cc1. The van der Waals surface area contributed by atoms with E-state index < -0.39 is 0 Å². The van der Waals surface area contributed by atoms with Crippen LogP contribution in [0.5, 0.6) is 0 Å². The molecule has 1 aromatic carbocycles. The summed E-state index contributed by atoms with van der Waals surface area (Å²) in [7, 11) is 0. The topological polar surface area (TPSA) is 23.5 Å². The van der Waals surface area contributed by atoms with Gasteiger partial charge in [0.1, 0.15) is 6.23 Å². The van der Waals surface area contributed by atoms with E-state index in [2.05, 4.69) is 56.9 Å². The molecule has 1 saturated carbocycles. The predicted molar refractivity (Wildman–Crippen MR) is 97.7 cm³/mol. The Morgan fingerprint density at radius 2 is 1.61 bits per heavy atom. The van der Waals surface area contributed by atoms with E-state index in [0.717, 1.165) is 24.8 Å². The molecule has 2 heteroatoms. The fourth-order valence-electron chi connectivity index (χ4n) is 4.64. The number of aliphatic hydroxyl groups is 1. The second-order valence-electron chi connectivity index (χ2n) is 8.51. The summed E-state index contributed by atoms with van der Waals surface area (Å²) in [6.45, 7) is 10.1. The molecule has 1 atom stereocenters. The number of benzene rings is 1. The van der Waals surface area contributed by atoms with E-state index in [9.17, 15) is 5.11 Å². The second kappa shape index (κ2) is 6.47. The molecule has 0 aromatic heterocycles. The highest BCUT2D eigenvalue weighted by Gasteiger charge is 2.48. The second-order valence-corrected chi connectivity index (χ2v) is 8.51. The largest absolute Gasteiger partial charge is 0.373 e. The zero-order valence-corrected chi connectivity index (χ0v) is 15.3. The number of aliphatic hydroxyl groups excluding tert-OH is 1. The Labute approximate surface area is 141 Å². The van der Waals surface area contributed by atoms with Crippen molar-refractivity contribution in [2.45, 2.75) is 71.9 Å². The third kappa shape index (κ3) is 3.15. The number of nitrogens with zero attached hydrogens (tertiary/aromatic N) is 1. The van der Waals surface area contributed by atoms with Crippen molar-refractivity contribution in [2.75, 3.05) is 11.4 Å². The first-order valence-electron chi connectivity index (χ1n) is 9.47. The molecule has 2 fully saturated rings. The summed E-state index contributed by atoms with van der Waals surface area (Å²) < 4.78 is 0. The molecule has 1 unspecified atom stereocenters. The van der Waals surface area contributed by atoms with Crippen LogP contribution >= 0.6 is 0 Å². The van der Waals surface area contributed by atoms with Crippen molar-refractivity contribution < 1.29 is 5.11 Å². The highest BCUT2D eigenvalue weighted by Crippen LogP contribution is 2.50. The molecular formula is C21H33NO. The Balaban J connectivity index is 1.70. The first-order chi connectivity index (χ1) is 10.9. The van der Waals surface area contributed by atoms with E-state index >= 15 is 0 Å². The van der Waals surface area contributed by atoms with Crippen LogP contribution in [0.1, 0.15) is 71.3 Å². The van der Waals surface area contributed by atoms with Gasteiger partial charge in [-0.05, 0) is 67.6 Å². The lowest BCUT2D eigenvalue weighted by Gasteiger charge is -2.42. The van der Waals surface area contributed by atoms with Crippen LogP contribution in [0.25, 0.3) is 0 Å². The van der Waals surface area contributed by atoms with Gasteiger partial charge in [-0.2, -0.15) is 0 Å². The van der Waals surface area contributed by atoms with Crippen LogP contribution in [0.4, 0.5) is 5.69 Å². The molecule has 1 saturated heterocycles. The van der Waals surface area contributed by atoms with Gasteiger partial charge in [-0.1, -0.05) is 39.8 Å². The van der Waals surface area contributed by atoms with E-state index in [-0.39, 0.29) is 11.6 Å². The van der Waals surface area contributed by atoms with Crippen LogP contribution < -0.4 is 4.90 Å². The minimum atomic E-state index is -0.305. The lowest BCUT2D eigenvalue weighted by molar-refractivity contribution is 0.00689. The van der Waals surface area contributed by atoms with Gasteiger partial charge in [-0.15, -0.1) is 0 Å². The van der Waals surface area contributed by atoms with Crippen LogP contribution in [0.2, 0.25) is 0 Å². The number of rotatable bonds is 3. The molecule has 1 N–H and O–H groups in total. The van der Waals surface area contributed by atoms with Gasteiger partial charge in [0.2, 0.25) is 0 Å². The molecule has 128 valence electrons. The quantitative estimate of drug-likeness (QED) is 0.831. The van der Waals surface area contributed by atoms with E-state index in [1.807, 2.05) is 0 Å². The lowest BCUT2D eigenvalue weighted by Crippen LogP contribution is -2.42. The smallest absolute Gasteiger partial charge is 0.132 e.